The molecule has 0 spiro atoms. The molecule has 0 bridgehead atoms. The van der Waals surface area contributed by atoms with Gasteiger partial charge in [0.2, 0.25) is 0 Å². The number of nitrogens with one attached hydrogen (secondary N) is 2. The van der Waals surface area contributed by atoms with E-state index in [-0.39, 0.29) is 17.5 Å². The molecule has 27 heavy (non-hydrogen) atoms. The highest BCUT2D eigenvalue weighted by Crippen LogP contribution is 2.17. The minimum absolute atomic E-state index is 0.228. The summed E-state index contributed by atoms with van der Waals surface area (Å²) in [4.78, 5) is 26.4. The fraction of sp³-hybridized carbons (Fsp3) is 0.333. The van der Waals surface area contributed by atoms with Crippen LogP contribution in [0, 0.1) is 0 Å². The Morgan fingerprint density at radius 1 is 1.00 bits per heavy atom. The predicted octanol–water partition coefficient (Wildman–Crippen LogP) is 3.76. The van der Waals surface area contributed by atoms with Crippen molar-refractivity contribution < 1.29 is 14.3 Å². The van der Waals surface area contributed by atoms with Crippen LogP contribution >= 0.6 is 0 Å². The lowest BCUT2D eigenvalue weighted by Crippen LogP contribution is -2.41. The lowest BCUT2D eigenvalue weighted by molar-refractivity contribution is 0.0920. The van der Waals surface area contributed by atoms with Gasteiger partial charge in [-0.25, -0.2) is 4.79 Å². The average Bonchev–Trinajstić information content (AvgIpc) is 2.61. The zero-order valence-electron chi connectivity index (χ0n) is 16.3. The van der Waals surface area contributed by atoms with Gasteiger partial charge in [0.15, 0.2) is 0 Å². The number of carbonyl (C=O) groups excluding carboxylic acids is 2. The Balaban J connectivity index is 1.93. The molecule has 0 heterocycles. The fourth-order valence-corrected chi connectivity index (χ4v) is 2.33. The molecule has 0 saturated heterocycles. The minimum atomic E-state index is -0.361. The smallest absolute Gasteiger partial charge is 0.321 e. The van der Waals surface area contributed by atoms with Crippen molar-refractivity contribution in [2.24, 2.45) is 0 Å². The standard InChI is InChI=1S/C21H27N3O3/c1-21(2,3)23-19(25)17-12-8-9-13-18(17)22-20(26)24(4)14-15-27-16-10-6-5-7-11-16/h5-13H,14-15H2,1-4H3,(H,22,26)(H,23,25). The second-order valence-electron chi connectivity index (χ2n) is 7.26. The van der Waals surface area contributed by atoms with Crippen LogP contribution in [0.3, 0.4) is 0 Å². The van der Waals surface area contributed by atoms with Gasteiger partial charge in [-0.05, 0) is 45.0 Å². The molecule has 3 amide bonds. The Hall–Kier alpha value is -3.02. The van der Waals surface area contributed by atoms with E-state index >= 15 is 0 Å². The molecule has 0 unspecified atom stereocenters. The Bertz CT molecular complexity index is 770. The van der Waals surface area contributed by atoms with Crippen molar-refractivity contribution in [1.82, 2.24) is 10.2 Å². The van der Waals surface area contributed by atoms with Crippen LogP contribution < -0.4 is 15.4 Å². The summed E-state index contributed by atoms with van der Waals surface area (Å²) in [7, 11) is 1.68. The number of carbonyl (C=O) groups is 2. The molecule has 0 saturated carbocycles. The number of anilines is 1. The van der Waals surface area contributed by atoms with E-state index < -0.39 is 0 Å². The van der Waals surface area contributed by atoms with E-state index in [2.05, 4.69) is 10.6 Å². The average molecular weight is 369 g/mol. The summed E-state index contributed by atoms with van der Waals surface area (Å²) in [6, 6.07) is 16.1. The van der Waals surface area contributed by atoms with Crippen molar-refractivity contribution in [3.8, 4) is 5.75 Å². The van der Waals surface area contributed by atoms with Crippen molar-refractivity contribution in [2.75, 3.05) is 25.5 Å². The SMILES string of the molecule is CN(CCOc1ccccc1)C(=O)Nc1ccccc1C(=O)NC(C)(C)C. The number of para-hydroxylation sites is 2. The van der Waals surface area contributed by atoms with E-state index in [9.17, 15) is 9.59 Å². The topological polar surface area (TPSA) is 70.7 Å². The summed E-state index contributed by atoms with van der Waals surface area (Å²) >= 11 is 0. The molecule has 144 valence electrons. The van der Waals surface area contributed by atoms with Crippen molar-refractivity contribution in [1.29, 1.82) is 0 Å². The van der Waals surface area contributed by atoms with Crippen LogP contribution in [0.2, 0.25) is 0 Å². The van der Waals surface area contributed by atoms with Crippen LogP contribution in [-0.2, 0) is 0 Å². The Kier molecular flexibility index (Phi) is 6.82. The maximum atomic E-state index is 12.5. The maximum absolute atomic E-state index is 12.5. The highest BCUT2D eigenvalue weighted by atomic mass is 16.5. The lowest BCUT2D eigenvalue weighted by atomic mass is 10.1. The fourth-order valence-electron chi connectivity index (χ4n) is 2.33. The predicted molar refractivity (Wildman–Crippen MR) is 107 cm³/mol. The molecule has 0 aliphatic carbocycles. The summed E-state index contributed by atoms with van der Waals surface area (Å²) in [5.74, 6) is 0.531. The molecule has 0 fully saturated rings. The number of urea groups is 1. The highest BCUT2D eigenvalue weighted by molar-refractivity contribution is 6.03. The Labute approximate surface area is 160 Å². The first kappa shape index (κ1) is 20.3. The normalized spacial score (nSPS) is 10.8. The van der Waals surface area contributed by atoms with Crippen LogP contribution in [0.5, 0.6) is 5.75 Å². The van der Waals surface area contributed by atoms with Gasteiger partial charge < -0.3 is 20.3 Å². The Morgan fingerprint density at radius 2 is 1.63 bits per heavy atom. The van der Waals surface area contributed by atoms with Gasteiger partial charge in [-0.1, -0.05) is 30.3 Å². The molecule has 0 atom stereocenters. The third-order valence-corrected chi connectivity index (χ3v) is 3.69. The van der Waals surface area contributed by atoms with Crippen molar-refractivity contribution in [3.63, 3.8) is 0 Å². The van der Waals surface area contributed by atoms with Crippen LogP contribution in [0.4, 0.5) is 10.5 Å². The monoisotopic (exact) mass is 369 g/mol. The quantitative estimate of drug-likeness (QED) is 0.814. The zero-order valence-corrected chi connectivity index (χ0v) is 16.3. The van der Waals surface area contributed by atoms with Gasteiger partial charge >= 0.3 is 6.03 Å². The van der Waals surface area contributed by atoms with Gasteiger partial charge in [0.25, 0.3) is 5.91 Å². The molecule has 0 radical (unpaired) electrons. The van der Waals surface area contributed by atoms with E-state index in [1.807, 2.05) is 51.1 Å². The highest BCUT2D eigenvalue weighted by Gasteiger charge is 2.19. The summed E-state index contributed by atoms with van der Waals surface area (Å²) in [6.45, 7) is 6.52. The molecule has 2 N–H and O–H groups in total. The van der Waals surface area contributed by atoms with Gasteiger partial charge in [0, 0.05) is 12.6 Å². The number of amides is 3. The van der Waals surface area contributed by atoms with E-state index in [0.29, 0.717) is 24.4 Å². The maximum Gasteiger partial charge on any atom is 0.321 e. The second kappa shape index (κ2) is 9.07. The Morgan fingerprint density at radius 3 is 2.30 bits per heavy atom. The number of hydrogen-bond donors (Lipinski definition) is 2. The lowest BCUT2D eigenvalue weighted by Gasteiger charge is -2.22. The van der Waals surface area contributed by atoms with Gasteiger partial charge in [0.05, 0.1) is 17.8 Å². The summed E-state index contributed by atoms with van der Waals surface area (Å²) in [5.41, 5.74) is 0.537. The third-order valence-electron chi connectivity index (χ3n) is 3.69. The minimum Gasteiger partial charge on any atom is -0.492 e. The molecular formula is C21H27N3O3. The van der Waals surface area contributed by atoms with E-state index in [1.165, 1.54) is 4.90 Å². The van der Waals surface area contributed by atoms with Gasteiger partial charge in [-0.3, -0.25) is 4.79 Å². The zero-order chi connectivity index (χ0) is 19.9. The number of ether oxygens (including phenoxy) is 1. The van der Waals surface area contributed by atoms with Crippen LogP contribution in [-0.4, -0.2) is 42.6 Å². The van der Waals surface area contributed by atoms with Crippen molar-refractivity contribution >= 4 is 17.6 Å². The van der Waals surface area contributed by atoms with Gasteiger partial charge in [-0.15, -0.1) is 0 Å². The van der Waals surface area contributed by atoms with Crippen molar-refractivity contribution in [2.45, 2.75) is 26.3 Å². The summed E-state index contributed by atoms with van der Waals surface area (Å²) < 4.78 is 5.61. The molecule has 0 aromatic heterocycles. The molecule has 2 aromatic carbocycles. The number of rotatable bonds is 6. The van der Waals surface area contributed by atoms with Gasteiger partial charge in [0.1, 0.15) is 12.4 Å². The first-order valence-electron chi connectivity index (χ1n) is 8.88. The van der Waals surface area contributed by atoms with Crippen molar-refractivity contribution in [3.05, 3.63) is 60.2 Å². The van der Waals surface area contributed by atoms with Crippen LogP contribution in [0.1, 0.15) is 31.1 Å². The number of hydrogen-bond acceptors (Lipinski definition) is 3. The van der Waals surface area contributed by atoms with E-state index in [4.69, 9.17) is 4.74 Å². The van der Waals surface area contributed by atoms with E-state index in [0.717, 1.165) is 5.75 Å². The summed E-state index contributed by atoms with van der Waals surface area (Å²) in [6.07, 6.45) is 0. The molecule has 0 aliphatic rings. The van der Waals surface area contributed by atoms with E-state index in [1.54, 1.807) is 31.3 Å². The summed E-state index contributed by atoms with van der Waals surface area (Å²) in [5, 5.41) is 5.70. The second-order valence-corrected chi connectivity index (χ2v) is 7.26. The first-order valence-corrected chi connectivity index (χ1v) is 8.88. The third kappa shape index (κ3) is 6.66. The molecule has 6 nitrogen and oxygen atoms in total. The first-order chi connectivity index (χ1) is 12.8. The molecule has 2 aromatic rings. The molecule has 2 rings (SSSR count). The number of likely N-dealkylation sites (N-methyl/N-ethyl adjacent to an activating group) is 1. The number of nitrogens with zero attached hydrogens (tertiary/aromatic N) is 1. The van der Waals surface area contributed by atoms with Gasteiger partial charge in [-0.2, -0.15) is 0 Å². The molecule has 0 aliphatic heterocycles. The number of benzene rings is 2. The molecular weight excluding hydrogens is 342 g/mol. The van der Waals surface area contributed by atoms with Crippen LogP contribution in [0.15, 0.2) is 54.6 Å². The largest absolute Gasteiger partial charge is 0.492 e. The molecule has 6 heteroatoms. The van der Waals surface area contributed by atoms with Crippen LogP contribution in [0.25, 0.3) is 0 Å².